The third kappa shape index (κ3) is 12.5. The number of benzene rings is 1. The van der Waals surface area contributed by atoms with Crippen molar-refractivity contribution in [3.05, 3.63) is 90.6 Å². The molecule has 5 rings (SSSR count). The second-order valence-corrected chi connectivity index (χ2v) is 14.2. The van der Waals surface area contributed by atoms with E-state index in [2.05, 4.69) is 62.5 Å². The number of nitrogens with zero attached hydrogens (tertiary/aromatic N) is 6. The van der Waals surface area contributed by atoms with Crippen LogP contribution in [0.3, 0.4) is 0 Å². The highest BCUT2D eigenvalue weighted by Crippen LogP contribution is 2.48. The van der Waals surface area contributed by atoms with Gasteiger partial charge >= 0.3 is 0 Å². The molecule has 2 unspecified atom stereocenters. The number of aryl methyl sites for hydroxylation is 3. The van der Waals surface area contributed by atoms with Crippen molar-refractivity contribution >= 4 is 41.6 Å². The van der Waals surface area contributed by atoms with Crippen LogP contribution in [0.15, 0.2) is 100 Å². The van der Waals surface area contributed by atoms with Gasteiger partial charge in [0.1, 0.15) is 33.6 Å². The van der Waals surface area contributed by atoms with E-state index in [1.165, 1.54) is 41.5 Å². The maximum absolute atomic E-state index is 9.93. The van der Waals surface area contributed by atoms with Crippen LogP contribution in [0.1, 0.15) is 72.3 Å². The molecule has 0 spiro atoms. The van der Waals surface area contributed by atoms with Crippen LogP contribution < -0.4 is 9.44 Å². The van der Waals surface area contributed by atoms with Gasteiger partial charge in [-0.3, -0.25) is 4.72 Å². The molecule has 3 aromatic heterocycles. The average molecular weight is 743 g/mol. The molecule has 0 aliphatic heterocycles. The number of ether oxygens (including phenoxy) is 1. The number of nitrogens with one attached hydrogen (secondary N) is 2. The maximum atomic E-state index is 9.93. The van der Waals surface area contributed by atoms with Gasteiger partial charge in [0, 0.05) is 81.8 Å². The molecule has 0 saturated heterocycles. The normalized spacial score (nSPS) is 14.5. The lowest BCUT2D eigenvalue weighted by Crippen LogP contribution is -2.15. The summed E-state index contributed by atoms with van der Waals surface area (Å²) in [5.41, 5.74) is 3.36. The van der Waals surface area contributed by atoms with E-state index < -0.39 is 6.79 Å². The molecule has 2 atom stereocenters. The van der Waals surface area contributed by atoms with Crippen LogP contribution in [0, 0.1) is 11.8 Å². The van der Waals surface area contributed by atoms with Gasteiger partial charge in [-0.1, -0.05) is 40.3 Å². The molecule has 0 bridgehead atoms. The monoisotopic (exact) mass is 742 g/mol. The zero-order valence-corrected chi connectivity index (χ0v) is 31.9. The van der Waals surface area contributed by atoms with Gasteiger partial charge in [0.05, 0.1) is 19.0 Å². The SMILES string of the molecule is C.CC.CCC(CCNSc1cn(C)cn1)/C(=C/C(OSc1cn(C)cn1)=C(\C)C(c1cccc(NSc2cn(C)cn2)c1)C1CC1)OCO. The summed E-state index contributed by atoms with van der Waals surface area (Å²) in [5.74, 6) is 2.15. The molecule has 0 radical (unpaired) electrons. The lowest BCUT2D eigenvalue weighted by Gasteiger charge is -2.23. The summed E-state index contributed by atoms with van der Waals surface area (Å²) in [6.45, 7) is 8.62. The van der Waals surface area contributed by atoms with Crippen LogP contribution in [0.5, 0.6) is 0 Å². The van der Waals surface area contributed by atoms with Crippen LogP contribution in [-0.2, 0) is 30.1 Å². The van der Waals surface area contributed by atoms with E-state index in [1.807, 2.05) is 73.4 Å². The number of aliphatic hydroxyl groups is 1. The van der Waals surface area contributed by atoms with Crippen molar-refractivity contribution in [1.29, 1.82) is 0 Å². The summed E-state index contributed by atoms with van der Waals surface area (Å²) in [7, 11) is 5.86. The highest BCUT2D eigenvalue weighted by molar-refractivity contribution is 8.00. The number of imidazole rings is 3. The number of anilines is 1. The molecule has 0 amide bonds. The Balaban J connectivity index is 0.00000221. The third-order valence-corrected chi connectivity index (χ3v) is 10.1. The van der Waals surface area contributed by atoms with Crippen molar-refractivity contribution in [1.82, 2.24) is 33.4 Å². The van der Waals surface area contributed by atoms with Crippen molar-refractivity contribution in [2.24, 2.45) is 33.0 Å². The Hall–Kier alpha value is -3.30. The molecule has 1 aromatic carbocycles. The number of allylic oxidation sites excluding steroid dienone is 3. The molecular weight excluding hydrogens is 689 g/mol. The topological polar surface area (TPSA) is 116 Å². The predicted molar refractivity (Wildman–Crippen MR) is 207 cm³/mol. The minimum atomic E-state index is -0.411. The Labute approximate surface area is 311 Å². The van der Waals surface area contributed by atoms with E-state index in [4.69, 9.17) is 8.92 Å². The molecule has 1 aliphatic rings. The van der Waals surface area contributed by atoms with Gasteiger partial charge in [-0.05, 0) is 73.7 Å². The smallest absolute Gasteiger partial charge is 0.185 e. The second-order valence-electron chi connectivity index (χ2n) is 11.7. The maximum Gasteiger partial charge on any atom is 0.185 e. The first-order valence-corrected chi connectivity index (χ1v) is 19.1. The molecule has 3 heterocycles. The van der Waals surface area contributed by atoms with Crippen molar-refractivity contribution in [3.63, 3.8) is 0 Å². The number of aromatic nitrogens is 6. The lowest BCUT2D eigenvalue weighted by molar-refractivity contribution is 0.0266. The van der Waals surface area contributed by atoms with Crippen molar-refractivity contribution < 1.29 is 14.0 Å². The number of hydrogen-bond acceptors (Lipinski definition) is 11. The van der Waals surface area contributed by atoms with E-state index in [0.29, 0.717) is 11.7 Å². The Kier molecular flexibility index (Phi) is 17.4. The molecule has 274 valence electrons. The van der Waals surface area contributed by atoms with Gasteiger partial charge in [0.15, 0.2) is 11.8 Å². The summed E-state index contributed by atoms with van der Waals surface area (Å²) >= 11 is 4.24. The van der Waals surface area contributed by atoms with Crippen LogP contribution in [-0.4, -0.2) is 47.1 Å². The zero-order valence-electron chi connectivity index (χ0n) is 29.5. The van der Waals surface area contributed by atoms with Crippen LogP contribution in [0.25, 0.3) is 0 Å². The van der Waals surface area contributed by atoms with Gasteiger partial charge in [0.2, 0.25) is 0 Å². The number of hydrogen-bond donors (Lipinski definition) is 3. The number of rotatable bonds is 19. The summed E-state index contributed by atoms with van der Waals surface area (Å²) in [5, 5.41) is 12.5. The molecule has 11 nitrogen and oxygen atoms in total. The van der Waals surface area contributed by atoms with E-state index in [0.717, 1.165) is 64.3 Å². The molecule has 50 heavy (non-hydrogen) atoms. The van der Waals surface area contributed by atoms with E-state index in [1.54, 1.807) is 19.0 Å². The minimum absolute atomic E-state index is 0. The molecule has 14 heteroatoms. The van der Waals surface area contributed by atoms with Crippen LogP contribution >= 0.6 is 35.9 Å². The van der Waals surface area contributed by atoms with Crippen LogP contribution in [0.4, 0.5) is 5.69 Å². The van der Waals surface area contributed by atoms with Gasteiger partial charge < -0.3 is 32.4 Å². The predicted octanol–water partition coefficient (Wildman–Crippen LogP) is 8.72. The second kappa shape index (κ2) is 21.2. The fourth-order valence-corrected chi connectivity index (χ4v) is 7.37. The van der Waals surface area contributed by atoms with E-state index >= 15 is 0 Å². The first kappa shape index (κ1) is 41.1. The Morgan fingerprint density at radius 2 is 1.60 bits per heavy atom. The first-order chi connectivity index (χ1) is 23.8. The Morgan fingerprint density at radius 1 is 0.980 bits per heavy atom. The Morgan fingerprint density at radius 3 is 2.16 bits per heavy atom. The summed E-state index contributed by atoms with van der Waals surface area (Å²) < 4.78 is 25.0. The fraction of sp³-hybridized carbons (Fsp3) is 0.472. The van der Waals surface area contributed by atoms with Crippen LogP contribution in [0.2, 0.25) is 0 Å². The fourth-order valence-electron chi connectivity index (χ4n) is 5.36. The number of aliphatic hydroxyl groups excluding tert-OH is 1. The van der Waals surface area contributed by atoms with Gasteiger partial charge in [0.25, 0.3) is 0 Å². The summed E-state index contributed by atoms with van der Waals surface area (Å²) in [4.78, 5) is 13.2. The standard InChI is InChI=1S/C33H44N8O3S3.C2H6.CH4/c1-6-24(12-13-37-45-30-16-39(3)19-34-30)29(43-22-42)15-28(44-47-32-18-41(5)21-36-32)23(2)33(25-10-11-25)26-8-7-9-27(14-26)38-46-31-17-40(4)20-35-31;1-2;/h7-9,14-21,24-25,33,37-38,42H,6,10-13,22H2,1-5H3;1-2H3;1H4/b28-23-,29-15-;;. The molecule has 1 aliphatic carbocycles. The highest BCUT2D eigenvalue weighted by Gasteiger charge is 2.35. The highest BCUT2D eigenvalue weighted by atomic mass is 32.2. The van der Waals surface area contributed by atoms with Gasteiger partial charge in [-0.2, -0.15) is 0 Å². The average Bonchev–Trinajstić information content (AvgIpc) is 3.46. The quantitative estimate of drug-likeness (QED) is 0.0214. The molecule has 4 aromatic rings. The van der Waals surface area contributed by atoms with Gasteiger partial charge in [-0.25, -0.2) is 15.0 Å². The summed E-state index contributed by atoms with van der Waals surface area (Å²) in [6.07, 6.45) is 17.2. The molecular formula is C36H54N8O3S3. The molecule has 1 saturated carbocycles. The lowest BCUT2D eigenvalue weighted by atomic mass is 9.86. The summed E-state index contributed by atoms with van der Waals surface area (Å²) in [6, 6.07) is 8.60. The Bertz CT molecular complexity index is 1650. The molecule has 1 fully saturated rings. The first-order valence-electron chi connectivity index (χ1n) is 16.7. The van der Waals surface area contributed by atoms with Crippen molar-refractivity contribution in [3.8, 4) is 0 Å². The molecule has 3 N–H and O–H groups in total. The van der Waals surface area contributed by atoms with E-state index in [9.17, 15) is 5.11 Å². The largest absolute Gasteiger partial charge is 0.472 e. The zero-order chi connectivity index (χ0) is 35.2. The van der Waals surface area contributed by atoms with Crippen molar-refractivity contribution in [2.75, 3.05) is 18.1 Å². The van der Waals surface area contributed by atoms with Crippen molar-refractivity contribution in [2.45, 2.75) is 81.8 Å². The van der Waals surface area contributed by atoms with Gasteiger partial charge in [-0.15, -0.1) is 0 Å². The third-order valence-electron chi connectivity index (χ3n) is 7.90. The van der Waals surface area contributed by atoms with E-state index in [-0.39, 0.29) is 19.3 Å². The minimum Gasteiger partial charge on any atom is -0.472 e.